The third-order valence-electron chi connectivity index (χ3n) is 5.62. The van der Waals surface area contributed by atoms with E-state index in [1.54, 1.807) is 5.56 Å². The maximum Gasteiger partial charge on any atom is 0.0113 e. The van der Waals surface area contributed by atoms with Gasteiger partial charge in [0.05, 0.1) is 0 Å². The molecule has 2 aliphatic rings. The summed E-state index contributed by atoms with van der Waals surface area (Å²) in [6.07, 6.45) is 5.54. The second-order valence-electron chi connectivity index (χ2n) is 6.89. The molecule has 2 nitrogen and oxygen atoms in total. The predicted octanol–water partition coefficient (Wildman–Crippen LogP) is 3.66. The minimum atomic E-state index is 0.804. The van der Waals surface area contributed by atoms with Crippen LogP contribution < -0.4 is 0 Å². The van der Waals surface area contributed by atoms with Crippen LogP contribution in [0.2, 0.25) is 0 Å². The normalized spacial score (nSPS) is 28.7. The summed E-state index contributed by atoms with van der Waals surface area (Å²) in [5, 5.41) is 0. The zero-order valence-corrected chi connectivity index (χ0v) is 13.7. The van der Waals surface area contributed by atoms with Crippen molar-refractivity contribution in [2.75, 3.05) is 32.7 Å². The Labute approximate surface area is 130 Å². The van der Waals surface area contributed by atoms with E-state index in [2.05, 4.69) is 47.9 Å². The number of hydrogen-bond donors (Lipinski definition) is 0. The van der Waals surface area contributed by atoms with Gasteiger partial charge in [0.2, 0.25) is 0 Å². The van der Waals surface area contributed by atoms with E-state index < -0.39 is 0 Å². The van der Waals surface area contributed by atoms with Crippen molar-refractivity contribution in [3.05, 3.63) is 35.4 Å². The van der Waals surface area contributed by atoms with E-state index in [9.17, 15) is 0 Å². The highest BCUT2D eigenvalue weighted by Crippen LogP contribution is 2.35. The zero-order valence-electron chi connectivity index (χ0n) is 13.7. The Balaban J connectivity index is 1.50. The van der Waals surface area contributed by atoms with E-state index in [1.807, 2.05) is 0 Å². The molecule has 1 saturated heterocycles. The molecule has 0 amide bonds. The van der Waals surface area contributed by atoms with Gasteiger partial charge in [-0.1, -0.05) is 36.8 Å². The number of piperazine rings is 1. The molecular weight excluding hydrogens is 256 g/mol. The van der Waals surface area contributed by atoms with Gasteiger partial charge < -0.3 is 4.90 Å². The van der Waals surface area contributed by atoms with Crippen molar-refractivity contribution in [3.8, 4) is 0 Å². The molecule has 1 aliphatic heterocycles. The molecule has 1 saturated carbocycles. The minimum absolute atomic E-state index is 0.804. The molecular formula is C19H30N2. The monoisotopic (exact) mass is 286 g/mol. The fraction of sp³-hybridized carbons (Fsp3) is 0.684. The Morgan fingerprint density at radius 2 is 1.52 bits per heavy atom. The summed E-state index contributed by atoms with van der Waals surface area (Å²) in [5.74, 6) is 0.804. The molecule has 3 rings (SSSR count). The van der Waals surface area contributed by atoms with E-state index in [0.717, 1.165) is 12.0 Å². The van der Waals surface area contributed by atoms with Crippen LogP contribution in [0, 0.1) is 6.92 Å². The van der Waals surface area contributed by atoms with Crippen molar-refractivity contribution in [1.29, 1.82) is 0 Å². The second-order valence-corrected chi connectivity index (χ2v) is 6.89. The average molecular weight is 286 g/mol. The van der Waals surface area contributed by atoms with E-state index in [1.165, 1.54) is 64.0 Å². The minimum Gasteiger partial charge on any atom is -0.301 e. The van der Waals surface area contributed by atoms with E-state index in [4.69, 9.17) is 0 Å². The molecule has 0 N–H and O–H groups in total. The third kappa shape index (κ3) is 3.67. The van der Waals surface area contributed by atoms with Crippen LogP contribution in [0.1, 0.15) is 49.7 Å². The quantitative estimate of drug-likeness (QED) is 0.836. The van der Waals surface area contributed by atoms with Gasteiger partial charge in [-0.15, -0.1) is 0 Å². The van der Waals surface area contributed by atoms with Crippen LogP contribution in [-0.4, -0.2) is 48.6 Å². The summed E-state index contributed by atoms with van der Waals surface area (Å²) in [4.78, 5) is 5.34. The molecule has 0 radical (unpaired) electrons. The smallest absolute Gasteiger partial charge is 0.0113 e. The van der Waals surface area contributed by atoms with Crippen LogP contribution in [-0.2, 0) is 0 Å². The fourth-order valence-electron chi connectivity index (χ4n) is 4.06. The van der Waals surface area contributed by atoms with Crippen molar-refractivity contribution in [2.24, 2.45) is 0 Å². The van der Waals surface area contributed by atoms with Gasteiger partial charge in [0.25, 0.3) is 0 Å². The average Bonchev–Trinajstić information content (AvgIpc) is 2.56. The second kappa shape index (κ2) is 6.93. The van der Waals surface area contributed by atoms with Gasteiger partial charge in [-0.3, -0.25) is 4.90 Å². The van der Waals surface area contributed by atoms with E-state index >= 15 is 0 Å². The van der Waals surface area contributed by atoms with Crippen LogP contribution in [0.15, 0.2) is 24.3 Å². The first-order valence-corrected chi connectivity index (χ1v) is 8.79. The molecule has 21 heavy (non-hydrogen) atoms. The Morgan fingerprint density at radius 1 is 0.905 bits per heavy atom. The van der Waals surface area contributed by atoms with Crippen LogP contribution in [0.3, 0.4) is 0 Å². The van der Waals surface area contributed by atoms with E-state index in [-0.39, 0.29) is 0 Å². The molecule has 1 heterocycles. The molecule has 0 unspecified atom stereocenters. The maximum absolute atomic E-state index is 2.76. The largest absolute Gasteiger partial charge is 0.301 e. The van der Waals surface area contributed by atoms with Crippen molar-refractivity contribution in [3.63, 3.8) is 0 Å². The number of benzene rings is 1. The van der Waals surface area contributed by atoms with Crippen LogP contribution in [0.25, 0.3) is 0 Å². The topological polar surface area (TPSA) is 6.48 Å². The van der Waals surface area contributed by atoms with Crippen LogP contribution in [0.4, 0.5) is 0 Å². The van der Waals surface area contributed by atoms with Gasteiger partial charge in [0, 0.05) is 32.2 Å². The maximum atomic E-state index is 2.76. The lowest BCUT2D eigenvalue weighted by atomic mass is 9.81. The standard InChI is InChI=1S/C19H30N2/c1-3-20-12-14-21(15-13-20)19-10-8-18(9-11-19)17-6-4-16(2)5-7-17/h4-7,18-19H,3,8-15H2,1-2H3/t18-,19-. The van der Waals surface area contributed by atoms with Crippen molar-refractivity contribution in [2.45, 2.75) is 51.5 Å². The summed E-state index contributed by atoms with van der Waals surface area (Å²) in [6, 6.07) is 10.1. The van der Waals surface area contributed by atoms with Gasteiger partial charge in [-0.2, -0.15) is 0 Å². The highest BCUT2D eigenvalue weighted by molar-refractivity contribution is 5.24. The van der Waals surface area contributed by atoms with E-state index in [0.29, 0.717) is 0 Å². The molecule has 0 atom stereocenters. The van der Waals surface area contributed by atoms with Gasteiger partial charge in [0.1, 0.15) is 0 Å². The fourth-order valence-corrected chi connectivity index (χ4v) is 4.06. The Bertz CT molecular complexity index is 423. The molecule has 1 aromatic rings. The summed E-state index contributed by atoms with van der Waals surface area (Å²) < 4.78 is 0. The van der Waals surface area contributed by atoms with Gasteiger partial charge in [0.15, 0.2) is 0 Å². The first-order chi connectivity index (χ1) is 10.3. The van der Waals surface area contributed by atoms with Crippen LogP contribution >= 0.6 is 0 Å². The Kier molecular flexibility index (Phi) is 4.97. The van der Waals surface area contributed by atoms with Gasteiger partial charge in [-0.05, 0) is 50.6 Å². The number of likely N-dealkylation sites (N-methyl/N-ethyl adjacent to an activating group) is 1. The summed E-state index contributed by atoms with van der Waals surface area (Å²) >= 11 is 0. The molecule has 0 aromatic heterocycles. The number of hydrogen-bond acceptors (Lipinski definition) is 2. The molecule has 2 fully saturated rings. The highest BCUT2D eigenvalue weighted by Gasteiger charge is 2.28. The highest BCUT2D eigenvalue weighted by atomic mass is 15.3. The SMILES string of the molecule is CCN1CCN([C@H]2CC[C@H](c3ccc(C)cc3)CC2)CC1. The summed E-state index contributed by atoms with van der Waals surface area (Å²) in [5.41, 5.74) is 2.94. The first kappa shape index (κ1) is 15.1. The first-order valence-electron chi connectivity index (χ1n) is 8.79. The lowest BCUT2D eigenvalue weighted by Crippen LogP contribution is -2.50. The number of aryl methyl sites for hydroxylation is 1. The molecule has 1 aliphatic carbocycles. The Morgan fingerprint density at radius 3 is 2.10 bits per heavy atom. The van der Waals surface area contributed by atoms with Crippen molar-refractivity contribution in [1.82, 2.24) is 9.80 Å². The number of nitrogens with zero attached hydrogens (tertiary/aromatic N) is 2. The molecule has 116 valence electrons. The summed E-state index contributed by atoms with van der Waals surface area (Å²) in [6.45, 7) is 10.8. The van der Waals surface area contributed by atoms with Crippen molar-refractivity contribution >= 4 is 0 Å². The molecule has 2 heteroatoms. The van der Waals surface area contributed by atoms with Crippen molar-refractivity contribution < 1.29 is 0 Å². The lowest BCUT2D eigenvalue weighted by Gasteiger charge is -2.41. The number of rotatable bonds is 3. The van der Waals surface area contributed by atoms with Gasteiger partial charge in [-0.25, -0.2) is 0 Å². The Hall–Kier alpha value is -0.860. The molecule has 1 aromatic carbocycles. The van der Waals surface area contributed by atoms with Crippen LogP contribution in [0.5, 0.6) is 0 Å². The molecule has 0 spiro atoms. The predicted molar refractivity (Wildman–Crippen MR) is 89.9 cm³/mol. The lowest BCUT2D eigenvalue weighted by molar-refractivity contribution is 0.0787. The van der Waals surface area contributed by atoms with Gasteiger partial charge >= 0.3 is 0 Å². The molecule has 0 bridgehead atoms. The third-order valence-corrected chi connectivity index (χ3v) is 5.62. The zero-order chi connectivity index (χ0) is 14.7. The summed E-state index contributed by atoms with van der Waals surface area (Å²) in [7, 11) is 0.